The first-order chi connectivity index (χ1) is 17.6. The molecule has 1 aliphatic heterocycles. The lowest BCUT2D eigenvalue weighted by Gasteiger charge is -2.34. The van der Waals surface area contributed by atoms with Crippen LogP contribution in [-0.2, 0) is 11.3 Å². The molecule has 36 heavy (non-hydrogen) atoms. The Morgan fingerprint density at radius 2 is 1.69 bits per heavy atom. The molecular formula is C29H31FN4O2. The summed E-state index contributed by atoms with van der Waals surface area (Å²) in [5, 5.41) is 0. The number of fused-ring (bicyclic) bond motifs is 1. The second-order valence-electron chi connectivity index (χ2n) is 9.03. The van der Waals surface area contributed by atoms with Gasteiger partial charge in [0, 0.05) is 50.9 Å². The zero-order chi connectivity index (χ0) is 25.1. The highest BCUT2D eigenvalue weighted by Crippen LogP contribution is 2.30. The Hall–Kier alpha value is -3.71. The number of hydrogen-bond donors (Lipinski definition) is 0. The number of amides is 1. The predicted octanol–water partition coefficient (Wildman–Crippen LogP) is 5.26. The molecule has 0 bridgehead atoms. The Bertz CT molecular complexity index is 1360. The van der Waals surface area contributed by atoms with Crippen LogP contribution in [0, 0.1) is 5.82 Å². The highest BCUT2D eigenvalue weighted by molar-refractivity contribution is 5.76. The first kappa shape index (κ1) is 24.0. The van der Waals surface area contributed by atoms with Crippen molar-refractivity contribution in [2.45, 2.75) is 26.8 Å². The number of aromatic nitrogens is 2. The average Bonchev–Trinajstić information content (AvgIpc) is 3.27. The van der Waals surface area contributed by atoms with Gasteiger partial charge in [0.1, 0.15) is 17.2 Å². The SMILES string of the molecule is CCOc1cccc(-c2ccc3nc(-c4ccc(F)cc4)c(CN4CCN(C(=O)CC)CC4)n3c2)c1. The molecule has 1 amide bonds. The fourth-order valence-corrected chi connectivity index (χ4v) is 4.78. The quantitative estimate of drug-likeness (QED) is 0.358. The van der Waals surface area contributed by atoms with Crippen molar-refractivity contribution in [3.05, 3.63) is 78.4 Å². The Morgan fingerprint density at radius 3 is 2.42 bits per heavy atom. The molecule has 2 aromatic carbocycles. The number of pyridine rings is 1. The lowest BCUT2D eigenvalue weighted by atomic mass is 10.1. The first-order valence-corrected chi connectivity index (χ1v) is 12.6. The van der Waals surface area contributed by atoms with Crippen LogP contribution in [0.4, 0.5) is 4.39 Å². The molecule has 7 heteroatoms. The van der Waals surface area contributed by atoms with Gasteiger partial charge in [-0.15, -0.1) is 0 Å². The van der Waals surface area contributed by atoms with E-state index in [0.29, 0.717) is 19.6 Å². The molecule has 6 nitrogen and oxygen atoms in total. The fourth-order valence-electron chi connectivity index (χ4n) is 4.78. The molecule has 4 aromatic rings. The van der Waals surface area contributed by atoms with Crippen molar-refractivity contribution in [1.29, 1.82) is 0 Å². The molecule has 0 atom stereocenters. The molecule has 0 radical (unpaired) electrons. The maximum atomic E-state index is 13.7. The minimum atomic E-state index is -0.266. The summed E-state index contributed by atoms with van der Waals surface area (Å²) in [5.74, 6) is 0.778. The van der Waals surface area contributed by atoms with E-state index in [1.165, 1.54) is 12.1 Å². The average molecular weight is 487 g/mol. The van der Waals surface area contributed by atoms with Crippen molar-refractivity contribution in [1.82, 2.24) is 19.2 Å². The van der Waals surface area contributed by atoms with Crippen LogP contribution in [0.2, 0.25) is 0 Å². The minimum absolute atomic E-state index is 0.204. The minimum Gasteiger partial charge on any atom is -0.494 e. The third kappa shape index (κ3) is 4.97. The number of nitrogens with zero attached hydrogens (tertiary/aromatic N) is 4. The van der Waals surface area contributed by atoms with E-state index < -0.39 is 0 Å². The first-order valence-electron chi connectivity index (χ1n) is 12.6. The van der Waals surface area contributed by atoms with E-state index >= 15 is 0 Å². The Kier molecular flexibility index (Phi) is 7.00. The summed E-state index contributed by atoms with van der Waals surface area (Å²) in [6, 6.07) is 18.7. The second kappa shape index (κ2) is 10.5. The number of piperazine rings is 1. The molecule has 1 aliphatic rings. The van der Waals surface area contributed by atoms with E-state index in [4.69, 9.17) is 9.72 Å². The van der Waals surface area contributed by atoms with E-state index in [9.17, 15) is 9.18 Å². The molecule has 0 aliphatic carbocycles. The number of carbonyl (C=O) groups is 1. The molecular weight excluding hydrogens is 455 g/mol. The van der Waals surface area contributed by atoms with Crippen molar-refractivity contribution in [3.63, 3.8) is 0 Å². The highest BCUT2D eigenvalue weighted by atomic mass is 19.1. The van der Waals surface area contributed by atoms with Crippen LogP contribution < -0.4 is 4.74 Å². The molecule has 0 N–H and O–H groups in total. The molecule has 1 saturated heterocycles. The summed E-state index contributed by atoms with van der Waals surface area (Å²) >= 11 is 0. The van der Waals surface area contributed by atoms with Gasteiger partial charge in [-0.2, -0.15) is 0 Å². The van der Waals surface area contributed by atoms with Crippen molar-refractivity contribution in [2.75, 3.05) is 32.8 Å². The standard InChI is InChI=1S/C29H31FN4O2/c1-3-28(35)33-16-14-32(15-17-33)20-26-29(21-8-11-24(30)12-9-21)31-27-13-10-23(19-34(26)27)22-6-5-7-25(18-22)36-4-2/h5-13,18-19H,3-4,14-17,20H2,1-2H3. The molecule has 1 fully saturated rings. The van der Waals surface area contributed by atoms with Crippen LogP contribution in [0.5, 0.6) is 5.75 Å². The van der Waals surface area contributed by atoms with Crippen molar-refractivity contribution >= 4 is 11.6 Å². The van der Waals surface area contributed by atoms with Gasteiger partial charge in [-0.3, -0.25) is 9.69 Å². The zero-order valence-corrected chi connectivity index (χ0v) is 20.8. The summed E-state index contributed by atoms with van der Waals surface area (Å²) in [7, 11) is 0. The van der Waals surface area contributed by atoms with Crippen molar-refractivity contribution < 1.29 is 13.9 Å². The number of rotatable bonds is 7. The lowest BCUT2D eigenvalue weighted by molar-refractivity contribution is -0.132. The molecule has 5 rings (SSSR count). The number of carbonyl (C=O) groups excluding carboxylic acids is 1. The van der Waals surface area contributed by atoms with E-state index in [1.54, 1.807) is 12.1 Å². The Balaban J connectivity index is 1.52. The summed E-state index contributed by atoms with van der Waals surface area (Å²) in [6.07, 6.45) is 2.65. The smallest absolute Gasteiger partial charge is 0.222 e. The molecule has 3 heterocycles. The van der Waals surface area contributed by atoms with Crippen LogP contribution in [0.25, 0.3) is 28.0 Å². The van der Waals surface area contributed by atoms with E-state index in [2.05, 4.69) is 27.6 Å². The van der Waals surface area contributed by atoms with Gasteiger partial charge in [-0.25, -0.2) is 9.37 Å². The number of hydrogen-bond acceptors (Lipinski definition) is 4. The lowest BCUT2D eigenvalue weighted by Crippen LogP contribution is -2.48. The normalized spacial score (nSPS) is 14.4. The van der Waals surface area contributed by atoms with Crippen LogP contribution >= 0.6 is 0 Å². The van der Waals surface area contributed by atoms with Gasteiger partial charge in [-0.1, -0.05) is 19.1 Å². The maximum Gasteiger partial charge on any atom is 0.222 e. The van der Waals surface area contributed by atoms with Gasteiger partial charge in [0.25, 0.3) is 0 Å². The summed E-state index contributed by atoms with van der Waals surface area (Å²) in [4.78, 5) is 21.4. The molecule has 2 aromatic heterocycles. The maximum absolute atomic E-state index is 13.7. The van der Waals surface area contributed by atoms with E-state index in [1.807, 2.05) is 43.0 Å². The Morgan fingerprint density at radius 1 is 0.944 bits per heavy atom. The molecule has 186 valence electrons. The van der Waals surface area contributed by atoms with Crippen LogP contribution in [-0.4, -0.2) is 57.9 Å². The van der Waals surface area contributed by atoms with Crippen molar-refractivity contribution in [3.8, 4) is 28.1 Å². The van der Waals surface area contributed by atoms with Gasteiger partial charge >= 0.3 is 0 Å². The fraction of sp³-hybridized carbons (Fsp3) is 0.310. The summed E-state index contributed by atoms with van der Waals surface area (Å²) < 4.78 is 21.5. The van der Waals surface area contributed by atoms with Crippen LogP contribution in [0.1, 0.15) is 26.0 Å². The van der Waals surface area contributed by atoms with Crippen LogP contribution in [0.15, 0.2) is 66.9 Å². The van der Waals surface area contributed by atoms with Crippen LogP contribution in [0.3, 0.4) is 0 Å². The summed E-state index contributed by atoms with van der Waals surface area (Å²) in [5.41, 5.74) is 5.75. The molecule has 0 unspecified atom stereocenters. The molecule has 0 spiro atoms. The van der Waals surface area contributed by atoms with Gasteiger partial charge in [-0.05, 0) is 66.6 Å². The number of imidazole rings is 1. The van der Waals surface area contributed by atoms with Gasteiger partial charge in [0.2, 0.25) is 5.91 Å². The molecule has 0 saturated carbocycles. The highest BCUT2D eigenvalue weighted by Gasteiger charge is 2.23. The van der Waals surface area contributed by atoms with Gasteiger partial charge in [0.15, 0.2) is 0 Å². The monoisotopic (exact) mass is 486 g/mol. The Labute approximate surface area is 210 Å². The third-order valence-electron chi connectivity index (χ3n) is 6.71. The number of benzene rings is 2. The van der Waals surface area contributed by atoms with Gasteiger partial charge < -0.3 is 14.0 Å². The predicted molar refractivity (Wildman–Crippen MR) is 139 cm³/mol. The topological polar surface area (TPSA) is 50.1 Å². The number of ether oxygens (including phenoxy) is 1. The zero-order valence-electron chi connectivity index (χ0n) is 20.8. The third-order valence-corrected chi connectivity index (χ3v) is 6.71. The largest absolute Gasteiger partial charge is 0.494 e. The van der Waals surface area contributed by atoms with Crippen molar-refractivity contribution in [2.24, 2.45) is 0 Å². The number of halogens is 1. The van der Waals surface area contributed by atoms with E-state index in [-0.39, 0.29) is 11.7 Å². The summed E-state index contributed by atoms with van der Waals surface area (Å²) in [6.45, 7) is 8.25. The van der Waals surface area contributed by atoms with Gasteiger partial charge in [0.05, 0.1) is 18.0 Å². The van der Waals surface area contributed by atoms with E-state index in [0.717, 1.165) is 65.7 Å². The second-order valence-corrected chi connectivity index (χ2v) is 9.03.